The fourth-order valence-electron chi connectivity index (χ4n) is 2.58. The van der Waals surface area contributed by atoms with E-state index < -0.39 is 17.3 Å². The van der Waals surface area contributed by atoms with Crippen molar-refractivity contribution in [2.45, 2.75) is 59.2 Å². The molecular formula is C17H32N2O5. The maximum atomic E-state index is 12.1. The van der Waals surface area contributed by atoms with Gasteiger partial charge in [-0.25, -0.2) is 9.59 Å². The molecule has 7 nitrogen and oxygen atoms in total. The van der Waals surface area contributed by atoms with Gasteiger partial charge < -0.3 is 24.8 Å². The van der Waals surface area contributed by atoms with Crippen LogP contribution in [0.1, 0.15) is 48.0 Å². The van der Waals surface area contributed by atoms with Crippen LogP contribution in [0.25, 0.3) is 0 Å². The maximum absolute atomic E-state index is 12.1. The maximum Gasteiger partial charge on any atom is 0.410 e. The number of hydrogen-bond donors (Lipinski definition) is 2. The number of nitrogens with one attached hydrogen (secondary N) is 1. The number of aliphatic hydroxyl groups excluding tert-OH is 1. The van der Waals surface area contributed by atoms with Gasteiger partial charge in [-0.3, -0.25) is 0 Å². The van der Waals surface area contributed by atoms with Gasteiger partial charge in [-0.2, -0.15) is 0 Å². The van der Waals surface area contributed by atoms with Crippen molar-refractivity contribution in [3.05, 3.63) is 0 Å². The molecule has 140 valence electrons. The predicted octanol–water partition coefficient (Wildman–Crippen LogP) is 2.38. The highest BCUT2D eigenvalue weighted by molar-refractivity contribution is 5.68. The summed E-state index contributed by atoms with van der Waals surface area (Å²) in [5, 5.41) is 12.4. The third kappa shape index (κ3) is 7.38. The van der Waals surface area contributed by atoms with Crippen molar-refractivity contribution < 1.29 is 24.2 Å². The summed E-state index contributed by atoms with van der Waals surface area (Å²) in [5.74, 6) is 0.00223. The summed E-state index contributed by atoms with van der Waals surface area (Å²) in [6, 6.07) is 0. The van der Waals surface area contributed by atoms with Crippen LogP contribution in [0.5, 0.6) is 0 Å². The lowest BCUT2D eigenvalue weighted by Crippen LogP contribution is -2.49. The Balaban J connectivity index is 2.51. The summed E-state index contributed by atoms with van der Waals surface area (Å²) in [4.78, 5) is 25.5. The van der Waals surface area contributed by atoms with Crippen molar-refractivity contribution >= 4 is 12.2 Å². The van der Waals surface area contributed by atoms with E-state index in [4.69, 9.17) is 9.47 Å². The van der Waals surface area contributed by atoms with Gasteiger partial charge in [0.1, 0.15) is 11.2 Å². The van der Waals surface area contributed by atoms with Gasteiger partial charge in [0.05, 0.1) is 0 Å². The molecule has 1 rings (SSSR count). The standard InChI is InChI=1S/C17H32N2O5/c1-16(2,3)23-14(21)18-9-12-7-8-19(10-13(12)11-20)15(22)24-17(4,5)6/h12-13,20H,7-11H2,1-6H3,(H,18,21)/t12-,13-/m0/s1. The number of nitrogens with zero attached hydrogens (tertiary/aromatic N) is 1. The Morgan fingerprint density at radius 1 is 1.08 bits per heavy atom. The van der Waals surface area contributed by atoms with Crippen LogP contribution >= 0.6 is 0 Å². The summed E-state index contributed by atoms with van der Waals surface area (Å²) in [7, 11) is 0. The zero-order valence-electron chi connectivity index (χ0n) is 15.7. The summed E-state index contributed by atoms with van der Waals surface area (Å²) in [5.41, 5.74) is -1.08. The van der Waals surface area contributed by atoms with Crippen molar-refractivity contribution in [2.24, 2.45) is 11.8 Å². The van der Waals surface area contributed by atoms with E-state index in [-0.39, 0.29) is 24.5 Å². The number of amides is 2. The van der Waals surface area contributed by atoms with Crippen LogP contribution in [0, 0.1) is 11.8 Å². The first-order valence-corrected chi connectivity index (χ1v) is 8.47. The Bertz CT molecular complexity index is 439. The molecule has 1 heterocycles. The zero-order valence-corrected chi connectivity index (χ0v) is 15.7. The van der Waals surface area contributed by atoms with Crippen LogP contribution in [0.2, 0.25) is 0 Å². The topological polar surface area (TPSA) is 88.1 Å². The quantitative estimate of drug-likeness (QED) is 0.821. The summed E-state index contributed by atoms with van der Waals surface area (Å²) < 4.78 is 10.6. The van der Waals surface area contributed by atoms with Crippen molar-refractivity contribution in [1.29, 1.82) is 0 Å². The monoisotopic (exact) mass is 344 g/mol. The molecule has 24 heavy (non-hydrogen) atoms. The molecule has 0 aliphatic carbocycles. The Hall–Kier alpha value is -1.50. The molecule has 1 saturated heterocycles. The van der Waals surface area contributed by atoms with Crippen LogP contribution in [0.15, 0.2) is 0 Å². The molecule has 0 spiro atoms. The Morgan fingerprint density at radius 2 is 1.67 bits per heavy atom. The molecule has 7 heteroatoms. The van der Waals surface area contributed by atoms with Gasteiger partial charge in [0, 0.05) is 32.2 Å². The second-order valence-electron chi connectivity index (χ2n) is 8.30. The fraction of sp³-hybridized carbons (Fsp3) is 0.882. The highest BCUT2D eigenvalue weighted by Crippen LogP contribution is 2.24. The predicted molar refractivity (Wildman–Crippen MR) is 90.7 cm³/mol. The SMILES string of the molecule is CC(C)(C)OC(=O)NC[C@@H]1CCN(C(=O)OC(C)(C)C)C[C@H]1CO. The molecule has 0 aromatic rings. The second-order valence-corrected chi connectivity index (χ2v) is 8.30. The molecule has 1 fully saturated rings. The van der Waals surface area contributed by atoms with Gasteiger partial charge in [-0.05, 0) is 53.9 Å². The van der Waals surface area contributed by atoms with Crippen molar-refractivity contribution in [2.75, 3.05) is 26.2 Å². The summed E-state index contributed by atoms with van der Waals surface area (Å²) in [6.07, 6.45) is -0.131. The smallest absolute Gasteiger partial charge is 0.410 e. The normalized spacial score (nSPS) is 22.0. The van der Waals surface area contributed by atoms with Crippen molar-refractivity contribution in [3.8, 4) is 0 Å². The van der Waals surface area contributed by atoms with Gasteiger partial charge >= 0.3 is 12.2 Å². The molecule has 0 saturated carbocycles. The second kappa shape index (κ2) is 8.05. The van der Waals surface area contributed by atoms with E-state index in [0.29, 0.717) is 26.1 Å². The van der Waals surface area contributed by atoms with Gasteiger partial charge in [0.25, 0.3) is 0 Å². The van der Waals surface area contributed by atoms with E-state index in [1.165, 1.54) is 0 Å². The number of carbonyl (C=O) groups is 2. The number of hydrogen-bond acceptors (Lipinski definition) is 5. The molecule has 1 aliphatic rings. The van der Waals surface area contributed by atoms with Crippen LogP contribution < -0.4 is 5.32 Å². The molecule has 2 atom stereocenters. The minimum absolute atomic E-state index is 0.0417. The van der Waals surface area contributed by atoms with E-state index in [2.05, 4.69) is 5.32 Å². The lowest BCUT2D eigenvalue weighted by atomic mass is 9.86. The number of alkyl carbamates (subject to hydrolysis) is 1. The zero-order chi connectivity index (χ0) is 18.5. The molecule has 2 N–H and O–H groups in total. The first kappa shape index (κ1) is 20.5. The van der Waals surface area contributed by atoms with Crippen LogP contribution in [-0.4, -0.2) is 59.6 Å². The average molecular weight is 344 g/mol. The average Bonchev–Trinajstić information content (AvgIpc) is 2.41. The van der Waals surface area contributed by atoms with Crippen molar-refractivity contribution in [3.63, 3.8) is 0 Å². The number of rotatable bonds is 3. The summed E-state index contributed by atoms with van der Waals surface area (Å²) in [6.45, 7) is 12.2. The van der Waals surface area contributed by atoms with E-state index in [1.54, 1.807) is 4.90 Å². The Kier molecular flexibility index (Phi) is 6.89. The molecule has 0 radical (unpaired) electrons. The number of ether oxygens (including phenoxy) is 2. The Labute approximate surface area is 144 Å². The third-order valence-electron chi connectivity index (χ3n) is 3.69. The Morgan fingerprint density at radius 3 is 2.17 bits per heavy atom. The fourth-order valence-corrected chi connectivity index (χ4v) is 2.58. The van der Waals surface area contributed by atoms with Gasteiger partial charge in [0.2, 0.25) is 0 Å². The van der Waals surface area contributed by atoms with Gasteiger partial charge in [0.15, 0.2) is 0 Å². The molecule has 1 aliphatic heterocycles. The number of carbonyl (C=O) groups excluding carboxylic acids is 2. The molecule has 0 bridgehead atoms. The first-order valence-electron chi connectivity index (χ1n) is 8.47. The molecular weight excluding hydrogens is 312 g/mol. The lowest BCUT2D eigenvalue weighted by molar-refractivity contribution is 0.00306. The molecule has 0 unspecified atom stereocenters. The van der Waals surface area contributed by atoms with Gasteiger partial charge in [-0.15, -0.1) is 0 Å². The number of likely N-dealkylation sites (tertiary alicyclic amines) is 1. The highest BCUT2D eigenvalue weighted by atomic mass is 16.6. The number of piperidine rings is 1. The van der Waals surface area contributed by atoms with Crippen LogP contribution in [-0.2, 0) is 9.47 Å². The first-order chi connectivity index (χ1) is 10.9. The van der Waals surface area contributed by atoms with E-state index in [1.807, 2.05) is 41.5 Å². The largest absolute Gasteiger partial charge is 0.444 e. The third-order valence-corrected chi connectivity index (χ3v) is 3.69. The highest BCUT2D eigenvalue weighted by Gasteiger charge is 2.33. The van der Waals surface area contributed by atoms with Crippen LogP contribution in [0.3, 0.4) is 0 Å². The minimum Gasteiger partial charge on any atom is -0.444 e. The van der Waals surface area contributed by atoms with Crippen molar-refractivity contribution in [1.82, 2.24) is 10.2 Å². The molecule has 0 aromatic heterocycles. The number of aliphatic hydroxyl groups is 1. The van der Waals surface area contributed by atoms with E-state index in [0.717, 1.165) is 0 Å². The van der Waals surface area contributed by atoms with E-state index in [9.17, 15) is 14.7 Å². The molecule has 0 aromatic carbocycles. The van der Waals surface area contributed by atoms with Crippen LogP contribution in [0.4, 0.5) is 9.59 Å². The van der Waals surface area contributed by atoms with E-state index >= 15 is 0 Å². The molecule has 2 amide bonds. The minimum atomic E-state index is -0.541. The van der Waals surface area contributed by atoms with Gasteiger partial charge in [-0.1, -0.05) is 0 Å². The summed E-state index contributed by atoms with van der Waals surface area (Å²) >= 11 is 0. The lowest BCUT2D eigenvalue weighted by Gasteiger charge is -2.38.